The van der Waals surface area contributed by atoms with Gasteiger partial charge in [-0.05, 0) is 48.7 Å². The molecule has 0 atom stereocenters. The molecule has 0 saturated heterocycles. The Kier molecular flexibility index (Phi) is 7.89. The molecule has 0 fully saturated rings. The maximum absolute atomic E-state index is 6.35. The number of benzene rings is 2. The molecule has 136 valence electrons. The summed E-state index contributed by atoms with van der Waals surface area (Å²) in [5.41, 5.74) is 2.25. The second kappa shape index (κ2) is 10.2. The van der Waals surface area contributed by atoms with Crippen LogP contribution in [0, 0.1) is 0 Å². The van der Waals surface area contributed by atoms with E-state index in [1.165, 1.54) is 5.56 Å². The third-order valence-corrected chi connectivity index (χ3v) is 4.11. The van der Waals surface area contributed by atoms with E-state index in [9.17, 15) is 0 Å². The van der Waals surface area contributed by atoms with E-state index in [-0.39, 0.29) is 0 Å². The van der Waals surface area contributed by atoms with Crippen molar-refractivity contribution < 1.29 is 14.2 Å². The summed E-state index contributed by atoms with van der Waals surface area (Å²) in [6.45, 7) is 4.22. The Morgan fingerprint density at radius 1 is 1.04 bits per heavy atom. The lowest BCUT2D eigenvalue weighted by Crippen LogP contribution is -2.17. The fourth-order valence-corrected chi connectivity index (χ4v) is 2.87. The second-order valence-corrected chi connectivity index (χ2v) is 6.10. The van der Waals surface area contributed by atoms with Crippen molar-refractivity contribution in [3.05, 3.63) is 52.5 Å². The molecule has 2 aromatic rings. The van der Waals surface area contributed by atoms with Crippen LogP contribution in [0.1, 0.15) is 24.5 Å². The Hall–Kier alpha value is -1.91. The van der Waals surface area contributed by atoms with Gasteiger partial charge >= 0.3 is 0 Å². The minimum Gasteiger partial charge on any atom is -0.496 e. The largest absolute Gasteiger partial charge is 0.496 e. The number of halogens is 1. The van der Waals surface area contributed by atoms with Crippen LogP contribution < -0.4 is 19.5 Å². The molecule has 0 aromatic heterocycles. The van der Waals surface area contributed by atoms with Gasteiger partial charge in [0.1, 0.15) is 5.75 Å². The zero-order chi connectivity index (χ0) is 18.1. The maximum atomic E-state index is 6.35. The van der Waals surface area contributed by atoms with E-state index in [4.69, 9.17) is 25.8 Å². The summed E-state index contributed by atoms with van der Waals surface area (Å²) in [5.74, 6) is 2.21. The van der Waals surface area contributed by atoms with Crippen LogP contribution in [0.2, 0.25) is 5.02 Å². The van der Waals surface area contributed by atoms with Crippen LogP contribution in [-0.4, -0.2) is 27.4 Å². The Bertz CT molecular complexity index is 676. The van der Waals surface area contributed by atoms with Crippen LogP contribution in [0.5, 0.6) is 17.2 Å². The van der Waals surface area contributed by atoms with Crippen LogP contribution in [0.25, 0.3) is 0 Å². The minimum atomic E-state index is 0.578. The lowest BCUT2D eigenvalue weighted by molar-refractivity contribution is 0.294. The molecule has 0 aliphatic rings. The Morgan fingerprint density at radius 2 is 1.80 bits per heavy atom. The topological polar surface area (TPSA) is 39.7 Å². The molecule has 0 aliphatic heterocycles. The molecule has 0 saturated carbocycles. The van der Waals surface area contributed by atoms with E-state index >= 15 is 0 Å². The quantitative estimate of drug-likeness (QED) is 0.632. The monoisotopic (exact) mass is 363 g/mol. The number of rotatable bonds is 10. The molecule has 0 spiro atoms. The first-order valence-corrected chi connectivity index (χ1v) is 8.89. The average molecular weight is 364 g/mol. The fourth-order valence-electron chi connectivity index (χ4n) is 2.58. The third kappa shape index (κ3) is 5.55. The van der Waals surface area contributed by atoms with Gasteiger partial charge in [0.25, 0.3) is 0 Å². The zero-order valence-corrected chi connectivity index (χ0v) is 15.9. The summed E-state index contributed by atoms with van der Waals surface area (Å²) in [4.78, 5) is 0. The highest BCUT2D eigenvalue weighted by atomic mass is 35.5. The first kappa shape index (κ1) is 19.4. The predicted molar refractivity (Wildman–Crippen MR) is 102 cm³/mol. The molecule has 0 bridgehead atoms. The number of ether oxygens (including phenoxy) is 3. The SMILES string of the molecule is CCCOc1c(Cl)cc(CNCCc2ccccc2OC)cc1OC. The highest BCUT2D eigenvalue weighted by Crippen LogP contribution is 2.36. The van der Waals surface area contributed by atoms with Gasteiger partial charge in [-0.15, -0.1) is 0 Å². The van der Waals surface area contributed by atoms with E-state index in [1.54, 1.807) is 14.2 Å². The van der Waals surface area contributed by atoms with E-state index in [1.807, 2.05) is 30.3 Å². The Labute approximate surface area is 155 Å². The first-order valence-electron chi connectivity index (χ1n) is 8.51. The highest BCUT2D eigenvalue weighted by molar-refractivity contribution is 6.32. The van der Waals surface area contributed by atoms with Crippen LogP contribution in [0.4, 0.5) is 0 Å². The van der Waals surface area contributed by atoms with E-state index in [0.717, 1.165) is 30.7 Å². The van der Waals surface area contributed by atoms with Crippen molar-refractivity contribution in [3.63, 3.8) is 0 Å². The summed E-state index contributed by atoms with van der Waals surface area (Å²) in [5, 5.41) is 4.01. The summed E-state index contributed by atoms with van der Waals surface area (Å²) >= 11 is 6.35. The van der Waals surface area contributed by atoms with Crippen molar-refractivity contribution in [3.8, 4) is 17.2 Å². The Balaban J connectivity index is 1.93. The summed E-state index contributed by atoms with van der Waals surface area (Å²) in [6, 6.07) is 12.0. The molecule has 0 heterocycles. The molecule has 5 heteroatoms. The van der Waals surface area contributed by atoms with Gasteiger partial charge < -0.3 is 19.5 Å². The molecular formula is C20H26ClNO3. The summed E-state index contributed by atoms with van der Waals surface area (Å²) in [7, 11) is 3.33. The summed E-state index contributed by atoms with van der Waals surface area (Å²) in [6.07, 6.45) is 1.82. The lowest BCUT2D eigenvalue weighted by atomic mass is 10.1. The van der Waals surface area contributed by atoms with Gasteiger partial charge in [0.05, 0.1) is 25.8 Å². The van der Waals surface area contributed by atoms with Crippen molar-refractivity contribution >= 4 is 11.6 Å². The van der Waals surface area contributed by atoms with Crippen molar-refractivity contribution in [2.75, 3.05) is 27.4 Å². The van der Waals surface area contributed by atoms with Crippen LogP contribution in [0.3, 0.4) is 0 Å². The van der Waals surface area contributed by atoms with Gasteiger partial charge in [0, 0.05) is 6.54 Å². The third-order valence-electron chi connectivity index (χ3n) is 3.83. The van der Waals surface area contributed by atoms with Crippen molar-refractivity contribution in [1.29, 1.82) is 0 Å². The molecule has 0 unspecified atom stereocenters. The maximum Gasteiger partial charge on any atom is 0.179 e. The summed E-state index contributed by atoms with van der Waals surface area (Å²) < 4.78 is 16.5. The zero-order valence-electron chi connectivity index (χ0n) is 15.1. The molecule has 4 nitrogen and oxygen atoms in total. The number of hydrogen-bond acceptors (Lipinski definition) is 4. The van der Waals surface area contributed by atoms with E-state index < -0.39 is 0 Å². The number of nitrogens with one attached hydrogen (secondary N) is 1. The lowest BCUT2D eigenvalue weighted by Gasteiger charge is -2.14. The minimum absolute atomic E-state index is 0.578. The van der Waals surface area contributed by atoms with Gasteiger partial charge in [0.2, 0.25) is 0 Å². The smallest absolute Gasteiger partial charge is 0.179 e. The number of para-hydroxylation sites is 1. The molecule has 0 radical (unpaired) electrons. The fraction of sp³-hybridized carbons (Fsp3) is 0.400. The second-order valence-electron chi connectivity index (χ2n) is 5.70. The van der Waals surface area contributed by atoms with Gasteiger partial charge in [-0.3, -0.25) is 0 Å². The van der Waals surface area contributed by atoms with Crippen molar-refractivity contribution in [2.45, 2.75) is 26.3 Å². The van der Waals surface area contributed by atoms with Crippen molar-refractivity contribution in [1.82, 2.24) is 5.32 Å². The van der Waals surface area contributed by atoms with Gasteiger partial charge in [-0.1, -0.05) is 36.7 Å². The van der Waals surface area contributed by atoms with E-state index in [2.05, 4.69) is 18.3 Å². The highest BCUT2D eigenvalue weighted by Gasteiger charge is 2.12. The molecule has 0 amide bonds. The molecule has 1 N–H and O–H groups in total. The normalized spacial score (nSPS) is 10.6. The average Bonchev–Trinajstić information content (AvgIpc) is 2.64. The molecule has 25 heavy (non-hydrogen) atoms. The van der Waals surface area contributed by atoms with Crippen LogP contribution >= 0.6 is 11.6 Å². The van der Waals surface area contributed by atoms with Crippen LogP contribution in [0.15, 0.2) is 36.4 Å². The Morgan fingerprint density at radius 3 is 2.52 bits per heavy atom. The number of methoxy groups -OCH3 is 2. The first-order chi connectivity index (χ1) is 12.2. The molecular weight excluding hydrogens is 338 g/mol. The van der Waals surface area contributed by atoms with Gasteiger partial charge in [0.15, 0.2) is 11.5 Å². The number of hydrogen-bond donors (Lipinski definition) is 1. The molecule has 2 aromatic carbocycles. The van der Waals surface area contributed by atoms with Gasteiger partial charge in [-0.2, -0.15) is 0 Å². The molecule has 0 aliphatic carbocycles. The van der Waals surface area contributed by atoms with Crippen molar-refractivity contribution in [2.24, 2.45) is 0 Å². The standard InChI is InChI=1S/C20H26ClNO3/c1-4-11-25-20-17(21)12-15(13-19(20)24-3)14-22-10-9-16-7-5-6-8-18(16)23-2/h5-8,12-13,22H,4,9-11,14H2,1-3H3. The van der Waals surface area contributed by atoms with Gasteiger partial charge in [-0.25, -0.2) is 0 Å². The predicted octanol–water partition coefficient (Wildman–Crippen LogP) is 4.48. The molecule has 2 rings (SSSR count). The van der Waals surface area contributed by atoms with E-state index in [0.29, 0.717) is 29.7 Å². The van der Waals surface area contributed by atoms with Crippen LogP contribution in [-0.2, 0) is 13.0 Å².